The number of nitrogens with two attached hydrogens (primary N) is 1. The largest absolute Gasteiger partial charge is 0.397 e. The van der Waals surface area contributed by atoms with E-state index in [0.29, 0.717) is 17.3 Å². The van der Waals surface area contributed by atoms with Crippen LogP contribution in [-0.2, 0) is 0 Å². The smallest absolute Gasteiger partial charge is 0.146 e. The molecule has 1 saturated heterocycles. The number of rotatable bonds is 1. The lowest BCUT2D eigenvalue weighted by Gasteiger charge is -2.37. The zero-order valence-corrected chi connectivity index (χ0v) is 10.3. The molecule has 0 aromatic carbocycles. The molecular formula is C13H18N4. The number of hydrogen-bond acceptors (Lipinski definition) is 4. The first-order valence-corrected chi connectivity index (χ1v) is 6.04. The van der Waals surface area contributed by atoms with Gasteiger partial charge >= 0.3 is 0 Å². The fraction of sp³-hybridized carbons (Fsp3) is 0.538. The van der Waals surface area contributed by atoms with E-state index in [-0.39, 0.29) is 0 Å². The minimum absolute atomic E-state index is 0.432. The third kappa shape index (κ3) is 2.33. The highest BCUT2D eigenvalue weighted by Gasteiger charge is 2.25. The van der Waals surface area contributed by atoms with Gasteiger partial charge < -0.3 is 10.6 Å². The van der Waals surface area contributed by atoms with Gasteiger partial charge in [-0.15, -0.1) is 0 Å². The van der Waals surface area contributed by atoms with Crippen LogP contribution in [0.5, 0.6) is 0 Å². The van der Waals surface area contributed by atoms with Crippen molar-refractivity contribution < 1.29 is 0 Å². The fourth-order valence-electron chi connectivity index (χ4n) is 2.51. The SMILES string of the molecule is CC1CCN(c2ncc(N)cc2C#N)C(C)C1. The number of aromatic nitrogens is 1. The van der Waals surface area contributed by atoms with Crippen LogP contribution in [0, 0.1) is 17.2 Å². The Morgan fingerprint density at radius 3 is 2.94 bits per heavy atom. The van der Waals surface area contributed by atoms with E-state index in [1.165, 1.54) is 0 Å². The van der Waals surface area contributed by atoms with E-state index in [1.807, 2.05) is 0 Å². The first-order chi connectivity index (χ1) is 8.11. The van der Waals surface area contributed by atoms with Gasteiger partial charge in [-0.25, -0.2) is 4.98 Å². The number of pyridine rings is 1. The van der Waals surface area contributed by atoms with Gasteiger partial charge in [-0.1, -0.05) is 6.92 Å². The standard InChI is InChI=1S/C13H18N4/c1-9-3-4-17(10(2)5-9)13-11(7-14)6-12(15)8-16-13/h6,8-10H,3-5,15H2,1-2H3. The number of piperidine rings is 1. The van der Waals surface area contributed by atoms with Crippen molar-refractivity contribution in [3.63, 3.8) is 0 Å². The molecule has 1 aromatic heterocycles. The Bertz CT molecular complexity index is 449. The van der Waals surface area contributed by atoms with Crippen LogP contribution in [0.25, 0.3) is 0 Å². The van der Waals surface area contributed by atoms with E-state index in [0.717, 1.165) is 31.1 Å². The number of nitrogens with zero attached hydrogens (tertiary/aromatic N) is 3. The zero-order valence-electron chi connectivity index (χ0n) is 10.3. The summed E-state index contributed by atoms with van der Waals surface area (Å²) in [6.07, 6.45) is 3.93. The van der Waals surface area contributed by atoms with Crippen molar-refractivity contribution in [2.45, 2.75) is 32.7 Å². The molecule has 2 rings (SSSR count). The van der Waals surface area contributed by atoms with Crippen LogP contribution in [0.2, 0.25) is 0 Å². The Morgan fingerprint density at radius 2 is 2.29 bits per heavy atom. The predicted octanol–water partition coefficient (Wildman–Crippen LogP) is 2.16. The van der Waals surface area contributed by atoms with Crippen LogP contribution in [0.3, 0.4) is 0 Å². The van der Waals surface area contributed by atoms with Crippen molar-refractivity contribution in [3.8, 4) is 6.07 Å². The Morgan fingerprint density at radius 1 is 1.53 bits per heavy atom. The molecule has 0 saturated carbocycles. The fourth-order valence-corrected chi connectivity index (χ4v) is 2.51. The Kier molecular flexibility index (Phi) is 3.19. The number of hydrogen-bond donors (Lipinski definition) is 1. The molecule has 0 amide bonds. The van der Waals surface area contributed by atoms with E-state index in [1.54, 1.807) is 12.3 Å². The highest BCUT2D eigenvalue weighted by Crippen LogP contribution is 2.28. The second-order valence-electron chi connectivity index (χ2n) is 4.92. The van der Waals surface area contributed by atoms with Crippen LogP contribution >= 0.6 is 0 Å². The molecule has 2 heterocycles. The molecule has 1 aromatic rings. The molecule has 0 spiro atoms. The monoisotopic (exact) mass is 230 g/mol. The van der Waals surface area contributed by atoms with Gasteiger partial charge in [0.1, 0.15) is 11.9 Å². The summed E-state index contributed by atoms with van der Waals surface area (Å²) in [4.78, 5) is 6.55. The lowest BCUT2D eigenvalue weighted by atomic mass is 9.93. The molecule has 0 aliphatic carbocycles. The second-order valence-corrected chi connectivity index (χ2v) is 4.92. The van der Waals surface area contributed by atoms with E-state index in [4.69, 9.17) is 11.0 Å². The minimum atomic E-state index is 0.432. The summed E-state index contributed by atoms with van der Waals surface area (Å²) >= 11 is 0. The van der Waals surface area contributed by atoms with E-state index in [2.05, 4.69) is 29.8 Å². The van der Waals surface area contributed by atoms with Crippen LogP contribution in [0.1, 0.15) is 32.3 Å². The van der Waals surface area contributed by atoms with Gasteiger partial charge in [-0.05, 0) is 31.7 Å². The van der Waals surface area contributed by atoms with Gasteiger partial charge in [0, 0.05) is 12.6 Å². The molecule has 17 heavy (non-hydrogen) atoms. The van der Waals surface area contributed by atoms with Gasteiger partial charge in [0.25, 0.3) is 0 Å². The van der Waals surface area contributed by atoms with Crippen LogP contribution in [0.4, 0.5) is 11.5 Å². The van der Waals surface area contributed by atoms with Gasteiger partial charge in [0.05, 0.1) is 17.4 Å². The third-order valence-corrected chi connectivity index (χ3v) is 3.42. The summed E-state index contributed by atoms with van der Waals surface area (Å²) in [6, 6.07) is 4.32. The second kappa shape index (κ2) is 4.62. The van der Waals surface area contributed by atoms with Crippen LogP contribution in [0.15, 0.2) is 12.3 Å². The van der Waals surface area contributed by atoms with E-state index >= 15 is 0 Å². The van der Waals surface area contributed by atoms with Crippen molar-refractivity contribution in [3.05, 3.63) is 17.8 Å². The number of nitriles is 1. The molecule has 4 heteroatoms. The molecular weight excluding hydrogens is 212 g/mol. The summed E-state index contributed by atoms with van der Waals surface area (Å²) in [5.41, 5.74) is 6.78. The Labute approximate surface area is 102 Å². The molecule has 1 aliphatic rings. The van der Waals surface area contributed by atoms with Crippen molar-refractivity contribution in [1.29, 1.82) is 5.26 Å². The highest BCUT2D eigenvalue weighted by atomic mass is 15.2. The average Bonchev–Trinajstić information content (AvgIpc) is 2.30. The molecule has 2 unspecified atom stereocenters. The molecule has 0 radical (unpaired) electrons. The van der Waals surface area contributed by atoms with Crippen LogP contribution < -0.4 is 10.6 Å². The maximum absolute atomic E-state index is 9.14. The summed E-state index contributed by atoms with van der Waals surface area (Å²) in [5, 5.41) is 9.14. The molecule has 0 bridgehead atoms. The maximum atomic E-state index is 9.14. The van der Waals surface area contributed by atoms with E-state index < -0.39 is 0 Å². The lowest BCUT2D eigenvalue weighted by molar-refractivity contribution is 0.376. The molecule has 4 nitrogen and oxygen atoms in total. The maximum Gasteiger partial charge on any atom is 0.146 e. The van der Waals surface area contributed by atoms with Crippen molar-refractivity contribution in [1.82, 2.24) is 4.98 Å². The molecule has 1 aliphatic heterocycles. The van der Waals surface area contributed by atoms with Gasteiger partial charge in [-0.3, -0.25) is 0 Å². The third-order valence-electron chi connectivity index (χ3n) is 3.42. The van der Waals surface area contributed by atoms with Gasteiger partial charge in [0.2, 0.25) is 0 Å². The van der Waals surface area contributed by atoms with Crippen molar-refractivity contribution >= 4 is 11.5 Å². The minimum Gasteiger partial charge on any atom is -0.397 e. The zero-order chi connectivity index (χ0) is 12.4. The quantitative estimate of drug-likeness (QED) is 0.802. The highest BCUT2D eigenvalue weighted by molar-refractivity contribution is 5.59. The molecule has 1 fully saturated rings. The topological polar surface area (TPSA) is 65.9 Å². The first kappa shape index (κ1) is 11.7. The molecule has 90 valence electrons. The Balaban J connectivity index is 2.31. The summed E-state index contributed by atoms with van der Waals surface area (Å²) in [7, 11) is 0. The van der Waals surface area contributed by atoms with Crippen molar-refractivity contribution in [2.75, 3.05) is 17.2 Å². The van der Waals surface area contributed by atoms with Gasteiger partial charge in [0.15, 0.2) is 0 Å². The average molecular weight is 230 g/mol. The predicted molar refractivity (Wildman–Crippen MR) is 68.6 cm³/mol. The van der Waals surface area contributed by atoms with E-state index in [9.17, 15) is 0 Å². The number of nitrogen functional groups attached to an aromatic ring is 1. The molecule has 2 N–H and O–H groups in total. The van der Waals surface area contributed by atoms with Gasteiger partial charge in [-0.2, -0.15) is 5.26 Å². The number of anilines is 2. The summed E-state index contributed by atoms with van der Waals surface area (Å²) in [5.74, 6) is 1.53. The Hall–Kier alpha value is -1.76. The summed E-state index contributed by atoms with van der Waals surface area (Å²) in [6.45, 7) is 5.43. The van der Waals surface area contributed by atoms with Crippen LogP contribution in [-0.4, -0.2) is 17.6 Å². The van der Waals surface area contributed by atoms with Crippen molar-refractivity contribution in [2.24, 2.45) is 5.92 Å². The molecule has 2 atom stereocenters. The first-order valence-electron chi connectivity index (χ1n) is 6.04. The normalized spacial score (nSPS) is 24.4. The summed E-state index contributed by atoms with van der Waals surface area (Å²) < 4.78 is 0. The lowest BCUT2D eigenvalue weighted by Crippen LogP contribution is -2.41.